The van der Waals surface area contributed by atoms with E-state index in [-0.39, 0.29) is 29.5 Å². The summed E-state index contributed by atoms with van der Waals surface area (Å²) in [6.07, 6.45) is 0.672. The molecule has 0 radical (unpaired) electrons. The second-order valence-electron chi connectivity index (χ2n) is 7.05. The Morgan fingerprint density at radius 1 is 0.893 bits per heavy atom. The van der Waals surface area contributed by atoms with E-state index in [4.69, 9.17) is 0 Å². The first kappa shape index (κ1) is 19.5. The summed E-state index contributed by atoms with van der Waals surface area (Å²) in [6, 6.07) is 12.9. The van der Waals surface area contributed by atoms with Gasteiger partial charge < -0.3 is 25.3 Å². The van der Waals surface area contributed by atoms with Crippen molar-refractivity contribution in [2.45, 2.75) is 19.4 Å². The van der Waals surface area contributed by atoms with Crippen LogP contribution in [0.5, 0.6) is 11.5 Å². The molecule has 1 saturated heterocycles. The fourth-order valence-corrected chi connectivity index (χ4v) is 3.24. The van der Waals surface area contributed by atoms with Crippen LogP contribution in [0.2, 0.25) is 0 Å². The zero-order valence-electron chi connectivity index (χ0n) is 15.8. The molecule has 1 unspecified atom stereocenters. The lowest BCUT2D eigenvalue weighted by Crippen LogP contribution is -2.54. The highest BCUT2D eigenvalue weighted by molar-refractivity contribution is 5.94. The number of hydrogen-bond donors (Lipinski definition) is 3. The highest BCUT2D eigenvalue weighted by Gasteiger charge is 2.25. The first-order chi connectivity index (χ1) is 13.4. The van der Waals surface area contributed by atoms with Gasteiger partial charge in [0.25, 0.3) is 5.91 Å². The summed E-state index contributed by atoms with van der Waals surface area (Å²) in [6.45, 7) is 3.83. The fraction of sp³-hybridized carbons (Fsp3) is 0.333. The van der Waals surface area contributed by atoms with Crippen molar-refractivity contribution in [3.8, 4) is 11.5 Å². The lowest BCUT2D eigenvalue weighted by Gasteiger charge is -2.35. The van der Waals surface area contributed by atoms with Crippen molar-refractivity contribution in [1.29, 1.82) is 0 Å². The number of nitrogens with one attached hydrogen (secondary N) is 1. The van der Waals surface area contributed by atoms with E-state index in [0.29, 0.717) is 38.2 Å². The molecule has 3 N–H and O–H groups in total. The van der Waals surface area contributed by atoms with Crippen LogP contribution in [0.15, 0.2) is 48.5 Å². The Labute approximate surface area is 164 Å². The van der Waals surface area contributed by atoms with Gasteiger partial charge in [-0.2, -0.15) is 0 Å². The molecule has 148 valence electrons. The maximum atomic E-state index is 12.5. The third-order valence-corrected chi connectivity index (χ3v) is 4.82. The Kier molecular flexibility index (Phi) is 6.03. The number of nitrogens with zero attached hydrogens (tertiary/aromatic N) is 2. The molecule has 28 heavy (non-hydrogen) atoms. The van der Waals surface area contributed by atoms with E-state index < -0.39 is 0 Å². The summed E-state index contributed by atoms with van der Waals surface area (Å²) in [4.78, 5) is 28.4. The van der Waals surface area contributed by atoms with Crippen LogP contribution >= 0.6 is 0 Å². The average molecular weight is 383 g/mol. The Morgan fingerprint density at radius 2 is 1.39 bits per heavy atom. The molecule has 3 amide bonds. The van der Waals surface area contributed by atoms with E-state index in [1.54, 1.807) is 34.1 Å². The third kappa shape index (κ3) is 4.94. The maximum Gasteiger partial charge on any atom is 0.317 e. The van der Waals surface area contributed by atoms with Crippen LogP contribution in [0, 0.1) is 0 Å². The first-order valence-corrected chi connectivity index (χ1v) is 9.34. The summed E-state index contributed by atoms with van der Waals surface area (Å²) in [5.41, 5.74) is 1.56. The van der Waals surface area contributed by atoms with Crippen molar-refractivity contribution in [1.82, 2.24) is 15.1 Å². The predicted octanol–water partition coefficient (Wildman–Crippen LogP) is 2.20. The van der Waals surface area contributed by atoms with Crippen LogP contribution in [-0.2, 0) is 6.42 Å². The van der Waals surface area contributed by atoms with Gasteiger partial charge in [-0.3, -0.25) is 4.79 Å². The minimum atomic E-state index is -0.136. The van der Waals surface area contributed by atoms with Crippen molar-refractivity contribution in [2.75, 3.05) is 26.2 Å². The molecule has 0 aromatic heterocycles. The number of hydrogen-bond acceptors (Lipinski definition) is 4. The van der Waals surface area contributed by atoms with Gasteiger partial charge in [-0.15, -0.1) is 0 Å². The van der Waals surface area contributed by atoms with Gasteiger partial charge in [0.05, 0.1) is 0 Å². The van der Waals surface area contributed by atoms with Crippen molar-refractivity contribution < 1.29 is 19.8 Å². The zero-order valence-corrected chi connectivity index (χ0v) is 15.8. The van der Waals surface area contributed by atoms with E-state index in [0.717, 1.165) is 5.56 Å². The van der Waals surface area contributed by atoms with E-state index in [1.807, 2.05) is 19.1 Å². The van der Waals surface area contributed by atoms with Crippen LogP contribution in [0.3, 0.4) is 0 Å². The lowest BCUT2D eigenvalue weighted by molar-refractivity contribution is 0.0663. The molecule has 1 aliphatic heterocycles. The Hall–Kier alpha value is -3.22. The molecule has 1 fully saturated rings. The van der Waals surface area contributed by atoms with Gasteiger partial charge >= 0.3 is 6.03 Å². The molecule has 7 heteroatoms. The molecule has 7 nitrogen and oxygen atoms in total. The molecular formula is C21H25N3O4. The summed E-state index contributed by atoms with van der Waals surface area (Å²) >= 11 is 0. The van der Waals surface area contributed by atoms with Crippen LogP contribution in [-0.4, -0.2) is 64.2 Å². The topological polar surface area (TPSA) is 93.1 Å². The number of carbonyl (C=O) groups is 2. The highest BCUT2D eigenvalue weighted by Crippen LogP contribution is 2.14. The Morgan fingerprint density at radius 3 is 1.96 bits per heavy atom. The third-order valence-electron chi connectivity index (χ3n) is 4.82. The quantitative estimate of drug-likeness (QED) is 0.755. The summed E-state index contributed by atoms with van der Waals surface area (Å²) in [5.74, 6) is 0.250. The Balaban J connectivity index is 1.47. The highest BCUT2D eigenvalue weighted by atomic mass is 16.3. The van der Waals surface area contributed by atoms with Gasteiger partial charge in [-0.05, 0) is 55.3 Å². The van der Waals surface area contributed by atoms with Gasteiger partial charge in [-0.25, -0.2) is 4.79 Å². The number of phenolic OH excluding ortho intramolecular Hbond substituents is 2. The van der Waals surface area contributed by atoms with Gasteiger partial charge in [0.15, 0.2) is 0 Å². The van der Waals surface area contributed by atoms with Gasteiger partial charge in [0.1, 0.15) is 11.5 Å². The van der Waals surface area contributed by atoms with Crippen molar-refractivity contribution in [3.05, 3.63) is 59.7 Å². The number of benzene rings is 2. The monoisotopic (exact) mass is 383 g/mol. The zero-order chi connectivity index (χ0) is 20.1. The van der Waals surface area contributed by atoms with Crippen LogP contribution in [0.1, 0.15) is 22.8 Å². The number of carbonyl (C=O) groups excluding carboxylic acids is 2. The van der Waals surface area contributed by atoms with Crippen molar-refractivity contribution >= 4 is 11.9 Å². The number of phenols is 2. The van der Waals surface area contributed by atoms with Crippen LogP contribution in [0.25, 0.3) is 0 Å². The minimum absolute atomic E-state index is 0.0475. The molecule has 1 atom stereocenters. The fourth-order valence-electron chi connectivity index (χ4n) is 3.24. The standard InChI is InChI=1S/C21H25N3O4/c1-15(14-16-2-6-18(25)7-3-16)22-21(28)24-12-10-23(11-13-24)20(27)17-4-8-19(26)9-5-17/h2-9,15,25-26H,10-14H2,1H3,(H,22,28). The summed E-state index contributed by atoms with van der Waals surface area (Å²) in [5, 5.41) is 21.7. The molecule has 3 rings (SSSR count). The Bertz CT molecular complexity index is 813. The first-order valence-electron chi connectivity index (χ1n) is 9.34. The van der Waals surface area contributed by atoms with Crippen LogP contribution < -0.4 is 5.32 Å². The number of amides is 3. The molecule has 0 saturated carbocycles. The number of aromatic hydroxyl groups is 2. The van der Waals surface area contributed by atoms with E-state index >= 15 is 0 Å². The largest absolute Gasteiger partial charge is 0.508 e. The van der Waals surface area contributed by atoms with Gasteiger partial charge in [0, 0.05) is 37.8 Å². The average Bonchev–Trinajstić information content (AvgIpc) is 2.70. The van der Waals surface area contributed by atoms with Gasteiger partial charge in [-0.1, -0.05) is 12.1 Å². The van der Waals surface area contributed by atoms with E-state index in [9.17, 15) is 19.8 Å². The number of piperazine rings is 1. The second-order valence-corrected chi connectivity index (χ2v) is 7.05. The number of rotatable bonds is 4. The normalized spacial score (nSPS) is 15.2. The van der Waals surface area contributed by atoms with E-state index in [1.165, 1.54) is 12.1 Å². The molecule has 1 heterocycles. The smallest absolute Gasteiger partial charge is 0.317 e. The second kappa shape index (κ2) is 8.65. The lowest BCUT2D eigenvalue weighted by atomic mass is 10.1. The molecule has 0 aliphatic carbocycles. The molecule has 2 aromatic rings. The predicted molar refractivity (Wildman–Crippen MR) is 105 cm³/mol. The summed E-state index contributed by atoms with van der Waals surface area (Å²) in [7, 11) is 0. The summed E-state index contributed by atoms with van der Waals surface area (Å²) < 4.78 is 0. The molecule has 0 bridgehead atoms. The number of urea groups is 1. The minimum Gasteiger partial charge on any atom is -0.508 e. The maximum absolute atomic E-state index is 12.5. The SMILES string of the molecule is CC(Cc1ccc(O)cc1)NC(=O)N1CCN(C(=O)c2ccc(O)cc2)CC1. The molecule has 0 spiro atoms. The van der Waals surface area contributed by atoms with Gasteiger partial charge in [0.2, 0.25) is 0 Å². The molecule has 1 aliphatic rings. The van der Waals surface area contributed by atoms with Crippen molar-refractivity contribution in [2.24, 2.45) is 0 Å². The van der Waals surface area contributed by atoms with E-state index in [2.05, 4.69) is 5.32 Å². The molecular weight excluding hydrogens is 358 g/mol. The molecule has 2 aromatic carbocycles. The van der Waals surface area contributed by atoms with Crippen LogP contribution in [0.4, 0.5) is 4.79 Å². The van der Waals surface area contributed by atoms with Crippen molar-refractivity contribution in [3.63, 3.8) is 0 Å².